The highest BCUT2D eigenvalue weighted by molar-refractivity contribution is 9.10. The SMILES string of the molecule is COc1ccc(Br)c(CSC(C)(C)C)c1. The van der Waals surface area contributed by atoms with E-state index in [1.165, 1.54) is 5.56 Å². The van der Waals surface area contributed by atoms with Crippen molar-refractivity contribution in [2.24, 2.45) is 0 Å². The molecule has 0 spiro atoms. The van der Waals surface area contributed by atoms with Crippen LogP contribution in [0.4, 0.5) is 0 Å². The zero-order valence-corrected chi connectivity index (χ0v) is 12.0. The van der Waals surface area contributed by atoms with Crippen molar-refractivity contribution in [3.63, 3.8) is 0 Å². The summed E-state index contributed by atoms with van der Waals surface area (Å²) >= 11 is 5.49. The quantitative estimate of drug-likeness (QED) is 0.811. The van der Waals surface area contributed by atoms with E-state index < -0.39 is 0 Å². The number of hydrogen-bond donors (Lipinski definition) is 0. The lowest BCUT2D eigenvalue weighted by atomic mass is 10.2. The van der Waals surface area contributed by atoms with Crippen LogP contribution in [0.1, 0.15) is 26.3 Å². The van der Waals surface area contributed by atoms with Gasteiger partial charge in [0.05, 0.1) is 7.11 Å². The van der Waals surface area contributed by atoms with Crippen molar-refractivity contribution in [3.05, 3.63) is 28.2 Å². The standard InChI is InChI=1S/C12H17BrOS/c1-12(2,3)15-8-9-7-10(14-4)5-6-11(9)13/h5-7H,8H2,1-4H3. The molecular formula is C12H17BrOS. The Balaban J connectivity index is 2.75. The van der Waals surface area contributed by atoms with Crippen LogP contribution < -0.4 is 4.74 Å². The van der Waals surface area contributed by atoms with Gasteiger partial charge in [0.2, 0.25) is 0 Å². The van der Waals surface area contributed by atoms with Gasteiger partial charge in [-0.25, -0.2) is 0 Å². The molecule has 0 fully saturated rings. The molecule has 0 aliphatic heterocycles. The first kappa shape index (κ1) is 12.9. The van der Waals surface area contributed by atoms with Crippen molar-refractivity contribution in [2.75, 3.05) is 7.11 Å². The number of hydrogen-bond acceptors (Lipinski definition) is 2. The number of halogens is 1. The van der Waals surface area contributed by atoms with E-state index in [1.807, 2.05) is 23.9 Å². The van der Waals surface area contributed by atoms with Crippen molar-refractivity contribution in [1.82, 2.24) is 0 Å². The predicted octanol–water partition coefficient (Wildman–Crippen LogP) is 4.49. The highest BCUT2D eigenvalue weighted by atomic mass is 79.9. The summed E-state index contributed by atoms with van der Waals surface area (Å²) in [6, 6.07) is 6.09. The molecule has 1 nitrogen and oxygen atoms in total. The molecule has 0 saturated carbocycles. The van der Waals surface area contributed by atoms with E-state index in [1.54, 1.807) is 7.11 Å². The summed E-state index contributed by atoms with van der Waals surface area (Å²) < 4.78 is 6.66. The summed E-state index contributed by atoms with van der Waals surface area (Å²) in [5, 5.41) is 0. The molecule has 15 heavy (non-hydrogen) atoms. The fraction of sp³-hybridized carbons (Fsp3) is 0.500. The van der Waals surface area contributed by atoms with Gasteiger partial charge in [-0.3, -0.25) is 0 Å². The molecule has 0 aliphatic carbocycles. The number of benzene rings is 1. The lowest BCUT2D eigenvalue weighted by Gasteiger charge is -2.18. The van der Waals surface area contributed by atoms with E-state index in [2.05, 4.69) is 42.8 Å². The number of rotatable bonds is 3. The molecular weight excluding hydrogens is 272 g/mol. The van der Waals surface area contributed by atoms with Crippen LogP contribution in [-0.2, 0) is 5.75 Å². The molecule has 0 aromatic heterocycles. The molecule has 0 saturated heterocycles. The second-order valence-electron chi connectivity index (χ2n) is 4.36. The highest BCUT2D eigenvalue weighted by Crippen LogP contribution is 2.31. The summed E-state index contributed by atoms with van der Waals surface area (Å²) in [7, 11) is 1.70. The Kier molecular flexibility index (Phi) is 4.53. The summed E-state index contributed by atoms with van der Waals surface area (Å²) in [5.74, 6) is 1.92. The Bertz CT molecular complexity index is 331. The molecule has 0 heterocycles. The minimum atomic E-state index is 0.294. The Morgan fingerprint density at radius 3 is 2.53 bits per heavy atom. The number of methoxy groups -OCH3 is 1. The van der Waals surface area contributed by atoms with Crippen LogP contribution in [0.25, 0.3) is 0 Å². The molecule has 0 N–H and O–H groups in total. The smallest absolute Gasteiger partial charge is 0.119 e. The Labute approximate surface area is 105 Å². The molecule has 0 amide bonds. The Hall–Kier alpha value is -0.150. The van der Waals surface area contributed by atoms with Crippen LogP contribution >= 0.6 is 27.7 Å². The van der Waals surface area contributed by atoms with Gasteiger partial charge < -0.3 is 4.74 Å². The van der Waals surface area contributed by atoms with Crippen LogP contribution in [0.3, 0.4) is 0 Å². The first-order valence-electron chi connectivity index (χ1n) is 4.89. The number of ether oxygens (including phenoxy) is 1. The molecule has 84 valence electrons. The molecule has 0 unspecified atom stereocenters. The zero-order valence-electron chi connectivity index (χ0n) is 9.63. The van der Waals surface area contributed by atoms with Gasteiger partial charge in [-0.15, -0.1) is 0 Å². The fourth-order valence-corrected chi connectivity index (χ4v) is 2.48. The summed E-state index contributed by atoms with van der Waals surface area (Å²) in [6.07, 6.45) is 0. The predicted molar refractivity (Wildman–Crippen MR) is 71.7 cm³/mol. The average Bonchev–Trinajstić information content (AvgIpc) is 2.15. The zero-order chi connectivity index (χ0) is 11.5. The maximum absolute atomic E-state index is 5.21. The van der Waals surface area contributed by atoms with Crippen molar-refractivity contribution in [2.45, 2.75) is 31.3 Å². The third kappa shape index (κ3) is 4.47. The molecule has 0 bridgehead atoms. The van der Waals surface area contributed by atoms with E-state index >= 15 is 0 Å². The van der Waals surface area contributed by atoms with Crippen molar-refractivity contribution in [3.8, 4) is 5.75 Å². The van der Waals surface area contributed by atoms with Crippen LogP contribution in [0.15, 0.2) is 22.7 Å². The van der Waals surface area contributed by atoms with Gasteiger partial charge in [-0.2, -0.15) is 11.8 Å². The number of thioether (sulfide) groups is 1. The molecule has 1 aromatic rings. The fourth-order valence-electron chi connectivity index (χ4n) is 1.08. The van der Waals surface area contributed by atoms with Gasteiger partial charge in [0, 0.05) is 15.0 Å². The minimum absolute atomic E-state index is 0.294. The Morgan fingerprint density at radius 2 is 2.00 bits per heavy atom. The van der Waals surface area contributed by atoms with Gasteiger partial charge in [0.25, 0.3) is 0 Å². The third-order valence-electron chi connectivity index (χ3n) is 1.91. The van der Waals surface area contributed by atoms with Crippen molar-refractivity contribution < 1.29 is 4.74 Å². The maximum Gasteiger partial charge on any atom is 0.119 e. The van der Waals surface area contributed by atoms with Crippen molar-refractivity contribution in [1.29, 1.82) is 0 Å². The van der Waals surface area contributed by atoms with Crippen molar-refractivity contribution >= 4 is 27.7 Å². The van der Waals surface area contributed by atoms with Gasteiger partial charge in [-0.05, 0) is 23.8 Å². The molecule has 0 atom stereocenters. The van der Waals surface area contributed by atoms with E-state index in [4.69, 9.17) is 4.74 Å². The normalized spacial score (nSPS) is 11.5. The lowest BCUT2D eigenvalue weighted by Crippen LogP contribution is -2.07. The van der Waals surface area contributed by atoms with Gasteiger partial charge >= 0.3 is 0 Å². The van der Waals surface area contributed by atoms with Crippen LogP contribution in [0.5, 0.6) is 5.75 Å². The van der Waals surface area contributed by atoms with Crippen LogP contribution in [0.2, 0.25) is 0 Å². The second kappa shape index (κ2) is 5.26. The molecule has 0 radical (unpaired) electrons. The van der Waals surface area contributed by atoms with Gasteiger partial charge in [-0.1, -0.05) is 36.7 Å². The molecule has 1 aromatic carbocycles. The third-order valence-corrected chi connectivity index (χ3v) is 4.01. The lowest BCUT2D eigenvalue weighted by molar-refractivity contribution is 0.414. The molecule has 1 rings (SSSR count). The first-order valence-corrected chi connectivity index (χ1v) is 6.66. The van der Waals surface area contributed by atoms with E-state index in [0.717, 1.165) is 16.0 Å². The first-order chi connectivity index (χ1) is 6.92. The van der Waals surface area contributed by atoms with E-state index in [9.17, 15) is 0 Å². The highest BCUT2D eigenvalue weighted by Gasteiger charge is 2.12. The van der Waals surface area contributed by atoms with E-state index in [-0.39, 0.29) is 0 Å². The topological polar surface area (TPSA) is 9.23 Å². The Morgan fingerprint density at radius 1 is 1.33 bits per heavy atom. The van der Waals surface area contributed by atoms with E-state index in [0.29, 0.717) is 4.75 Å². The van der Waals surface area contributed by atoms with Gasteiger partial charge in [0.1, 0.15) is 5.75 Å². The molecule has 3 heteroatoms. The van der Waals surface area contributed by atoms with Crippen LogP contribution in [-0.4, -0.2) is 11.9 Å². The average molecular weight is 289 g/mol. The minimum Gasteiger partial charge on any atom is -0.497 e. The summed E-state index contributed by atoms with van der Waals surface area (Å²) in [5.41, 5.74) is 1.29. The van der Waals surface area contributed by atoms with Crippen LogP contribution in [0, 0.1) is 0 Å². The summed E-state index contributed by atoms with van der Waals surface area (Å²) in [6.45, 7) is 6.68. The van der Waals surface area contributed by atoms with Gasteiger partial charge in [0.15, 0.2) is 0 Å². The largest absolute Gasteiger partial charge is 0.497 e. The second-order valence-corrected chi connectivity index (χ2v) is 7.01. The maximum atomic E-state index is 5.21. The monoisotopic (exact) mass is 288 g/mol. The molecule has 0 aliphatic rings. The summed E-state index contributed by atoms with van der Waals surface area (Å²) in [4.78, 5) is 0.